The molecule has 1 aliphatic heterocycles. The molecule has 2 N–H and O–H groups in total. The Morgan fingerprint density at radius 3 is 2.52 bits per heavy atom. The third kappa shape index (κ3) is 5.35. The smallest absolute Gasteiger partial charge is 0.312 e. The monoisotopic (exact) mass is 351 g/mol. The molecule has 1 aromatic rings. The fraction of sp³-hybridized carbons (Fsp3) is 0.556. The van der Waals surface area contributed by atoms with E-state index in [-0.39, 0.29) is 18.3 Å². The molecule has 0 aliphatic carbocycles. The number of benzene rings is 1. The summed E-state index contributed by atoms with van der Waals surface area (Å²) in [5, 5.41) is 2.84. The summed E-state index contributed by atoms with van der Waals surface area (Å²) in [6.07, 6.45) is 0.852. The lowest BCUT2D eigenvalue weighted by Gasteiger charge is -2.31. The van der Waals surface area contributed by atoms with Crippen molar-refractivity contribution in [2.45, 2.75) is 32.4 Å². The van der Waals surface area contributed by atoms with Crippen LogP contribution in [0, 0.1) is 0 Å². The molecule has 2 atom stereocenters. The molecule has 1 saturated heterocycles. The van der Waals surface area contributed by atoms with Crippen LogP contribution in [-0.4, -0.2) is 51.8 Å². The number of carbonyl (C=O) groups is 2. The Hall–Kier alpha value is -2.28. The van der Waals surface area contributed by atoms with Gasteiger partial charge in [0.05, 0.1) is 33.9 Å². The summed E-state index contributed by atoms with van der Waals surface area (Å²) in [6, 6.07) is 5.21. The van der Waals surface area contributed by atoms with Crippen LogP contribution in [0.2, 0.25) is 0 Å². The molecule has 2 rings (SSSR count). The number of hydrogen-bond donors (Lipinski definition) is 2. The van der Waals surface area contributed by atoms with Gasteiger partial charge in [0.25, 0.3) is 5.91 Å². The number of methoxy groups -OCH3 is 2. The first-order chi connectivity index (χ1) is 12.1. The third-order valence-corrected chi connectivity index (χ3v) is 4.24. The molecule has 25 heavy (non-hydrogen) atoms. The van der Waals surface area contributed by atoms with E-state index >= 15 is 0 Å². The maximum Gasteiger partial charge on any atom is 0.312 e. The zero-order chi connectivity index (χ0) is 18.2. The molecule has 138 valence electrons. The molecule has 0 bridgehead atoms. The van der Waals surface area contributed by atoms with Gasteiger partial charge >= 0.3 is 5.97 Å². The minimum Gasteiger partial charge on any atom is -0.497 e. The molecular formula is C18H27N2O5+. The molecule has 1 fully saturated rings. The van der Waals surface area contributed by atoms with Gasteiger partial charge in [-0.05, 0) is 18.6 Å². The highest BCUT2D eigenvalue weighted by molar-refractivity contribution is 5.85. The van der Waals surface area contributed by atoms with Crippen molar-refractivity contribution in [3.05, 3.63) is 23.8 Å². The van der Waals surface area contributed by atoms with E-state index in [1.165, 1.54) is 0 Å². The van der Waals surface area contributed by atoms with Gasteiger partial charge in [-0.15, -0.1) is 0 Å². The molecule has 1 unspecified atom stereocenters. The quantitative estimate of drug-likeness (QED) is 0.641. The van der Waals surface area contributed by atoms with Crippen molar-refractivity contribution in [3.8, 4) is 11.5 Å². The first kappa shape index (κ1) is 19.1. The Balaban J connectivity index is 2.11. The third-order valence-electron chi connectivity index (χ3n) is 4.24. The molecular weight excluding hydrogens is 324 g/mol. The number of ether oxygens (including phenoxy) is 3. The number of carbonyl (C=O) groups excluding carboxylic acids is 2. The van der Waals surface area contributed by atoms with E-state index in [0.29, 0.717) is 31.2 Å². The van der Waals surface area contributed by atoms with Crippen LogP contribution in [0.4, 0.5) is 0 Å². The van der Waals surface area contributed by atoms with Crippen LogP contribution < -0.4 is 19.7 Å². The van der Waals surface area contributed by atoms with Gasteiger partial charge in [0, 0.05) is 11.6 Å². The van der Waals surface area contributed by atoms with E-state index in [0.717, 1.165) is 23.4 Å². The van der Waals surface area contributed by atoms with Crippen molar-refractivity contribution in [2.24, 2.45) is 0 Å². The summed E-state index contributed by atoms with van der Waals surface area (Å²) in [5.74, 6) is 0.970. The summed E-state index contributed by atoms with van der Waals surface area (Å²) in [5.41, 5.74) is 0.993. The summed E-state index contributed by atoms with van der Waals surface area (Å²) in [7, 11) is 3.21. The molecule has 0 aromatic heterocycles. The van der Waals surface area contributed by atoms with E-state index in [2.05, 4.69) is 5.32 Å². The maximum absolute atomic E-state index is 12.3. The van der Waals surface area contributed by atoms with Crippen LogP contribution in [0.5, 0.6) is 11.5 Å². The molecule has 7 nitrogen and oxygen atoms in total. The number of esters is 1. The Bertz CT molecular complexity index is 583. The first-order valence-corrected chi connectivity index (χ1v) is 8.57. The van der Waals surface area contributed by atoms with Gasteiger partial charge in [-0.3, -0.25) is 9.59 Å². The van der Waals surface area contributed by atoms with Crippen LogP contribution in [0.1, 0.15) is 25.3 Å². The fourth-order valence-corrected chi connectivity index (χ4v) is 2.95. The predicted octanol–water partition coefficient (Wildman–Crippen LogP) is -0.0696. The van der Waals surface area contributed by atoms with Gasteiger partial charge in [0.15, 0.2) is 6.04 Å². The molecule has 7 heteroatoms. The van der Waals surface area contributed by atoms with Crippen LogP contribution in [0.25, 0.3) is 0 Å². The van der Waals surface area contributed by atoms with Crippen LogP contribution in [-0.2, 0) is 20.9 Å². The summed E-state index contributed by atoms with van der Waals surface area (Å²) in [4.78, 5) is 25.3. The van der Waals surface area contributed by atoms with E-state index < -0.39 is 6.04 Å². The average molecular weight is 351 g/mol. The van der Waals surface area contributed by atoms with Gasteiger partial charge < -0.3 is 24.4 Å². The number of nitrogens with one attached hydrogen (secondary N) is 2. The Morgan fingerprint density at radius 2 is 1.92 bits per heavy atom. The second-order valence-corrected chi connectivity index (χ2v) is 6.07. The average Bonchev–Trinajstić information content (AvgIpc) is 2.62. The van der Waals surface area contributed by atoms with Crippen molar-refractivity contribution in [3.63, 3.8) is 0 Å². The summed E-state index contributed by atoms with van der Waals surface area (Å²) in [6.45, 7) is 4.27. The second-order valence-electron chi connectivity index (χ2n) is 6.07. The Labute approximate surface area is 148 Å². The molecule has 1 aromatic carbocycles. The molecule has 0 spiro atoms. The normalized spacial score (nSPS) is 19.9. The van der Waals surface area contributed by atoms with Gasteiger partial charge in [-0.1, -0.05) is 6.92 Å². The number of amides is 1. The lowest BCUT2D eigenvalue weighted by molar-refractivity contribution is -0.930. The lowest BCUT2D eigenvalue weighted by Crippen LogP contribution is -3.18. The van der Waals surface area contributed by atoms with E-state index in [4.69, 9.17) is 14.2 Å². The molecule has 1 heterocycles. The van der Waals surface area contributed by atoms with Gasteiger partial charge in [-0.2, -0.15) is 0 Å². The molecule has 0 radical (unpaired) electrons. The van der Waals surface area contributed by atoms with Crippen LogP contribution in [0.3, 0.4) is 0 Å². The number of quaternary nitrogens is 1. The molecule has 0 saturated carbocycles. The van der Waals surface area contributed by atoms with Crippen molar-refractivity contribution < 1.29 is 28.7 Å². The molecule has 1 amide bonds. The highest BCUT2D eigenvalue weighted by Crippen LogP contribution is 2.22. The van der Waals surface area contributed by atoms with Crippen molar-refractivity contribution in [1.82, 2.24) is 5.32 Å². The Kier molecular flexibility index (Phi) is 7.06. The van der Waals surface area contributed by atoms with Gasteiger partial charge in [0.1, 0.15) is 24.5 Å². The summed E-state index contributed by atoms with van der Waals surface area (Å²) < 4.78 is 15.7. The van der Waals surface area contributed by atoms with Crippen molar-refractivity contribution in [2.75, 3.05) is 33.9 Å². The number of rotatable bonds is 8. The zero-order valence-corrected chi connectivity index (χ0v) is 15.1. The SMILES string of the molecule is CCCOC(=O)C[C@@H]1C(=O)NCC[NH+]1Cc1cc(OC)cc(OC)c1. The minimum atomic E-state index is -0.449. The summed E-state index contributed by atoms with van der Waals surface area (Å²) >= 11 is 0. The first-order valence-electron chi connectivity index (χ1n) is 8.57. The number of hydrogen-bond acceptors (Lipinski definition) is 5. The van der Waals surface area contributed by atoms with E-state index in [9.17, 15) is 9.59 Å². The highest BCUT2D eigenvalue weighted by atomic mass is 16.5. The largest absolute Gasteiger partial charge is 0.497 e. The van der Waals surface area contributed by atoms with Crippen LogP contribution >= 0.6 is 0 Å². The number of piperazine rings is 1. The topological polar surface area (TPSA) is 78.3 Å². The van der Waals surface area contributed by atoms with E-state index in [1.807, 2.05) is 19.1 Å². The standard InChI is InChI=1S/C18H26N2O5/c1-4-7-25-17(21)11-16-18(22)19-5-6-20(16)12-13-8-14(23-2)10-15(9-13)24-3/h8-10,16H,4-7,11-12H2,1-3H3,(H,19,22)/p+1/t16-/m1/s1. The van der Waals surface area contributed by atoms with Crippen molar-refractivity contribution in [1.29, 1.82) is 0 Å². The van der Waals surface area contributed by atoms with Gasteiger partial charge in [0.2, 0.25) is 0 Å². The predicted molar refractivity (Wildman–Crippen MR) is 91.7 cm³/mol. The van der Waals surface area contributed by atoms with E-state index in [1.54, 1.807) is 20.3 Å². The van der Waals surface area contributed by atoms with Crippen LogP contribution in [0.15, 0.2) is 18.2 Å². The highest BCUT2D eigenvalue weighted by Gasteiger charge is 2.36. The second kappa shape index (κ2) is 9.27. The maximum atomic E-state index is 12.3. The van der Waals surface area contributed by atoms with Gasteiger partial charge in [-0.25, -0.2) is 0 Å². The minimum absolute atomic E-state index is 0.0856. The van der Waals surface area contributed by atoms with Crippen molar-refractivity contribution >= 4 is 11.9 Å². The molecule has 1 aliphatic rings. The Morgan fingerprint density at radius 1 is 1.24 bits per heavy atom. The lowest BCUT2D eigenvalue weighted by atomic mass is 10.1. The fourth-order valence-electron chi connectivity index (χ4n) is 2.95. The zero-order valence-electron chi connectivity index (χ0n) is 15.1.